The number of likely N-dealkylation sites (tertiary alicyclic amines) is 1. The Morgan fingerprint density at radius 1 is 1.06 bits per heavy atom. The lowest BCUT2D eigenvalue weighted by Crippen LogP contribution is -3.15. The largest absolute Gasteiger partial charge is 0.462 e. The number of carbonyl (C=O) groups is 1. The Balaban J connectivity index is 1.74. The number of rotatable bonds is 2. The monoisotopic (exact) mass is 252 g/mol. The average Bonchev–Trinajstić information content (AvgIpc) is 2.81. The second kappa shape index (κ2) is 5.20. The van der Waals surface area contributed by atoms with E-state index in [9.17, 15) is 4.79 Å². The van der Waals surface area contributed by atoms with Crippen LogP contribution in [0.15, 0.2) is 0 Å². The van der Waals surface area contributed by atoms with Crippen molar-refractivity contribution in [2.24, 2.45) is 11.8 Å². The van der Waals surface area contributed by atoms with Crippen LogP contribution >= 0.6 is 0 Å². The van der Waals surface area contributed by atoms with Gasteiger partial charge in [-0.1, -0.05) is 6.42 Å². The standard InChI is InChI=1S/C15H25NO2/c1-11(17)18-15-12-5-4-6-13(15)14(8-7-12)16-9-2-3-10-16/h12-15H,2-10H2,1H3/p+1/t12-,13+,14+,15+/m0/s1. The summed E-state index contributed by atoms with van der Waals surface area (Å²) < 4.78 is 5.70. The number of hydrogen-bond acceptors (Lipinski definition) is 2. The van der Waals surface area contributed by atoms with E-state index in [2.05, 4.69) is 0 Å². The van der Waals surface area contributed by atoms with Gasteiger partial charge in [-0.2, -0.15) is 0 Å². The molecule has 0 aromatic carbocycles. The molecule has 1 heterocycles. The zero-order chi connectivity index (χ0) is 12.5. The molecule has 0 unspecified atom stereocenters. The Morgan fingerprint density at radius 3 is 2.56 bits per heavy atom. The van der Waals surface area contributed by atoms with Crippen molar-refractivity contribution in [1.82, 2.24) is 0 Å². The van der Waals surface area contributed by atoms with Gasteiger partial charge >= 0.3 is 5.97 Å². The molecule has 3 aliphatic rings. The van der Waals surface area contributed by atoms with Crippen LogP contribution in [0.4, 0.5) is 0 Å². The van der Waals surface area contributed by atoms with Gasteiger partial charge in [-0.15, -0.1) is 0 Å². The SMILES string of the molecule is CC(=O)O[C@@H]1[C@H]2CCC[C@@H]1[C@H]([NH+]1CCCC1)CC2. The minimum atomic E-state index is -0.0750. The third-order valence-corrected chi connectivity index (χ3v) is 5.44. The van der Waals surface area contributed by atoms with E-state index in [1.807, 2.05) is 0 Å². The molecule has 0 radical (unpaired) electrons. The molecule has 18 heavy (non-hydrogen) atoms. The minimum Gasteiger partial charge on any atom is -0.462 e. The summed E-state index contributed by atoms with van der Waals surface area (Å²) in [5, 5.41) is 0. The fraction of sp³-hybridized carbons (Fsp3) is 0.933. The minimum absolute atomic E-state index is 0.0750. The number of carbonyl (C=O) groups excluding carboxylic acids is 1. The Bertz CT molecular complexity index is 312. The molecule has 1 aliphatic heterocycles. The van der Waals surface area contributed by atoms with E-state index in [-0.39, 0.29) is 12.1 Å². The van der Waals surface area contributed by atoms with E-state index >= 15 is 0 Å². The molecule has 1 saturated heterocycles. The lowest BCUT2D eigenvalue weighted by Gasteiger charge is -2.46. The van der Waals surface area contributed by atoms with Crippen molar-refractivity contribution in [1.29, 1.82) is 0 Å². The number of nitrogens with one attached hydrogen (secondary N) is 1. The summed E-state index contributed by atoms with van der Waals surface area (Å²) in [5.41, 5.74) is 0. The highest BCUT2D eigenvalue weighted by atomic mass is 16.5. The first-order chi connectivity index (χ1) is 8.75. The summed E-state index contributed by atoms with van der Waals surface area (Å²) in [6.45, 7) is 4.26. The van der Waals surface area contributed by atoms with Crippen molar-refractivity contribution >= 4 is 5.97 Å². The van der Waals surface area contributed by atoms with Crippen LogP contribution in [0.3, 0.4) is 0 Å². The van der Waals surface area contributed by atoms with Crippen molar-refractivity contribution in [3.8, 4) is 0 Å². The summed E-state index contributed by atoms with van der Waals surface area (Å²) in [6.07, 6.45) is 9.56. The lowest BCUT2D eigenvalue weighted by molar-refractivity contribution is -0.919. The molecule has 3 heteroatoms. The Kier molecular flexibility index (Phi) is 3.60. The van der Waals surface area contributed by atoms with Crippen molar-refractivity contribution in [2.45, 2.75) is 64.0 Å². The van der Waals surface area contributed by atoms with E-state index in [1.165, 1.54) is 58.0 Å². The molecule has 4 atom stereocenters. The van der Waals surface area contributed by atoms with Crippen LogP contribution in [0.2, 0.25) is 0 Å². The third kappa shape index (κ3) is 2.29. The van der Waals surface area contributed by atoms with Crippen LogP contribution < -0.4 is 4.90 Å². The van der Waals surface area contributed by atoms with Gasteiger partial charge in [0.05, 0.1) is 19.1 Å². The first kappa shape index (κ1) is 12.5. The fourth-order valence-electron chi connectivity index (χ4n) is 4.72. The molecule has 3 rings (SSSR count). The highest BCUT2D eigenvalue weighted by Gasteiger charge is 2.48. The smallest absolute Gasteiger partial charge is 0.302 e. The van der Waals surface area contributed by atoms with Gasteiger partial charge in [-0.25, -0.2) is 0 Å². The zero-order valence-corrected chi connectivity index (χ0v) is 11.5. The molecule has 2 saturated carbocycles. The number of esters is 1. The second-order valence-corrected chi connectivity index (χ2v) is 6.48. The topological polar surface area (TPSA) is 30.7 Å². The van der Waals surface area contributed by atoms with Crippen molar-refractivity contribution in [3.05, 3.63) is 0 Å². The molecule has 1 N–H and O–H groups in total. The van der Waals surface area contributed by atoms with Crippen LogP contribution in [0.1, 0.15) is 51.9 Å². The zero-order valence-electron chi connectivity index (χ0n) is 11.5. The quantitative estimate of drug-likeness (QED) is 0.748. The van der Waals surface area contributed by atoms with Crippen LogP contribution in [0.25, 0.3) is 0 Å². The van der Waals surface area contributed by atoms with Gasteiger partial charge in [-0.3, -0.25) is 4.79 Å². The Labute approximate surface area is 110 Å². The van der Waals surface area contributed by atoms with Gasteiger partial charge in [-0.05, 0) is 25.2 Å². The normalized spacial score (nSPS) is 40.7. The van der Waals surface area contributed by atoms with Gasteiger partial charge in [0.2, 0.25) is 0 Å². The van der Waals surface area contributed by atoms with E-state index in [0.29, 0.717) is 11.8 Å². The average molecular weight is 252 g/mol. The van der Waals surface area contributed by atoms with E-state index < -0.39 is 0 Å². The summed E-state index contributed by atoms with van der Waals surface area (Å²) >= 11 is 0. The first-order valence-corrected chi connectivity index (χ1v) is 7.77. The third-order valence-electron chi connectivity index (χ3n) is 5.44. The molecule has 0 aromatic rings. The van der Waals surface area contributed by atoms with Crippen molar-refractivity contribution in [2.75, 3.05) is 13.1 Å². The fourth-order valence-corrected chi connectivity index (χ4v) is 4.72. The van der Waals surface area contributed by atoms with Crippen molar-refractivity contribution in [3.63, 3.8) is 0 Å². The van der Waals surface area contributed by atoms with Crippen LogP contribution in [-0.2, 0) is 9.53 Å². The number of quaternary nitrogens is 1. The van der Waals surface area contributed by atoms with E-state index in [1.54, 1.807) is 11.8 Å². The number of ether oxygens (including phenoxy) is 1. The predicted molar refractivity (Wildman–Crippen MR) is 69.3 cm³/mol. The summed E-state index contributed by atoms with van der Waals surface area (Å²) in [5.74, 6) is 1.23. The molecular weight excluding hydrogens is 226 g/mol. The lowest BCUT2D eigenvalue weighted by atomic mass is 9.67. The molecule has 102 valence electrons. The maximum Gasteiger partial charge on any atom is 0.302 e. The van der Waals surface area contributed by atoms with Gasteiger partial charge in [0.1, 0.15) is 6.10 Å². The molecule has 2 aliphatic carbocycles. The van der Waals surface area contributed by atoms with Gasteiger partial charge < -0.3 is 9.64 Å². The summed E-state index contributed by atoms with van der Waals surface area (Å²) in [6, 6.07) is 0.772. The molecule has 0 aromatic heterocycles. The predicted octanol–water partition coefficient (Wildman–Crippen LogP) is 1.18. The van der Waals surface area contributed by atoms with Crippen LogP contribution in [0, 0.1) is 11.8 Å². The highest BCUT2D eigenvalue weighted by molar-refractivity contribution is 5.66. The highest BCUT2D eigenvalue weighted by Crippen LogP contribution is 2.41. The second-order valence-electron chi connectivity index (χ2n) is 6.48. The van der Waals surface area contributed by atoms with Crippen LogP contribution in [-0.4, -0.2) is 31.2 Å². The van der Waals surface area contributed by atoms with Crippen molar-refractivity contribution < 1.29 is 14.4 Å². The maximum atomic E-state index is 11.3. The summed E-state index contributed by atoms with van der Waals surface area (Å²) in [7, 11) is 0. The van der Waals surface area contributed by atoms with Gasteiger partial charge in [0.25, 0.3) is 0 Å². The Morgan fingerprint density at radius 2 is 1.83 bits per heavy atom. The van der Waals surface area contributed by atoms with Crippen LogP contribution in [0.5, 0.6) is 0 Å². The molecule has 2 bridgehead atoms. The molecule has 0 spiro atoms. The number of fused-ring (bicyclic) bond motifs is 2. The van der Waals surface area contributed by atoms with Gasteiger partial charge in [0.15, 0.2) is 0 Å². The maximum absolute atomic E-state index is 11.3. The van der Waals surface area contributed by atoms with E-state index in [4.69, 9.17) is 4.74 Å². The summed E-state index contributed by atoms with van der Waals surface area (Å²) in [4.78, 5) is 13.1. The molecule has 0 amide bonds. The molecule has 3 nitrogen and oxygen atoms in total. The first-order valence-electron chi connectivity index (χ1n) is 7.77. The van der Waals surface area contributed by atoms with Gasteiger partial charge in [0, 0.05) is 32.1 Å². The molecule has 3 fully saturated rings. The Hall–Kier alpha value is -0.570. The van der Waals surface area contributed by atoms with E-state index in [0.717, 1.165) is 6.04 Å². The molecular formula is C15H26NO2+. The number of hydrogen-bond donors (Lipinski definition) is 1.